The second-order valence-electron chi connectivity index (χ2n) is 12.1. The molecule has 1 aliphatic carbocycles. The first kappa shape index (κ1) is 30.1. The number of aromatic nitrogens is 4. The first-order chi connectivity index (χ1) is 21.8. The summed E-state index contributed by atoms with van der Waals surface area (Å²) in [4.78, 5) is 55.0. The molecular formula is C34H39N7O4. The summed E-state index contributed by atoms with van der Waals surface area (Å²) in [5, 5.41) is 5.57. The van der Waals surface area contributed by atoms with Gasteiger partial charge >= 0.3 is 6.09 Å². The molecule has 4 N–H and O–H groups in total. The van der Waals surface area contributed by atoms with E-state index >= 15 is 0 Å². The molecule has 2 aliphatic rings. The Morgan fingerprint density at radius 1 is 0.844 bits per heavy atom. The predicted molar refractivity (Wildman–Crippen MR) is 171 cm³/mol. The molecule has 2 aromatic heterocycles. The molecule has 2 fully saturated rings. The van der Waals surface area contributed by atoms with Gasteiger partial charge in [-0.15, -0.1) is 0 Å². The van der Waals surface area contributed by atoms with E-state index in [4.69, 9.17) is 4.74 Å². The molecule has 45 heavy (non-hydrogen) atoms. The van der Waals surface area contributed by atoms with Crippen LogP contribution in [0.1, 0.15) is 57.8 Å². The number of carbonyl (C=O) groups excluding carboxylic acids is 3. The van der Waals surface area contributed by atoms with Crippen molar-refractivity contribution in [3.8, 4) is 33.6 Å². The molecule has 1 aliphatic heterocycles. The number of carbonyl (C=O) groups is 3. The van der Waals surface area contributed by atoms with Gasteiger partial charge in [-0.1, -0.05) is 68.8 Å². The van der Waals surface area contributed by atoms with Gasteiger partial charge in [0.05, 0.1) is 36.9 Å². The summed E-state index contributed by atoms with van der Waals surface area (Å²) >= 11 is 0. The third-order valence-electron chi connectivity index (χ3n) is 8.86. The highest BCUT2D eigenvalue weighted by molar-refractivity contribution is 5.91. The number of anilines is 1. The summed E-state index contributed by atoms with van der Waals surface area (Å²) in [6.07, 6.45) is 7.60. The van der Waals surface area contributed by atoms with Crippen LogP contribution >= 0.6 is 0 Å². The minimum absolute atomic E-state index is 0.0349. The van der Waals surface area contributed by atoms with Crippen LogP contribution in [0.4, 0.5) is 10.7 Å². The fourth-order valence-corrected chi connectivity index (χ4v) is 5.95. The lowest BCUT2D eigenvalue weighted by atomic mass is 9.85. The third kappa shape index (κ3) is 6.47. The second-order valence-corrected chi connectivity index (χ2v) is 12.1. The van der Waals surface area contributed by atoms with Crippen LogP contribution in [0.2, 0.25) is 0 Å². The number of aromatic amines is 2. The summed E-state index contributed by atoms with van der Waals surface area (Å²) in [5.41, 5.74) is 5.85. The summed E-state index contributed by atoms with van der Waals surface area (Å²) in [6.45, 7) is 4.42. The summed E-state index contributed by atoms with van der Waals surface area (Å²) in [5.74, 6) is 1.14. The molecule has 0 radical (unpaired) electrons. The van der Waals surface area contributed by atoms with Gasteiger partial charge in [0.2, 0.25) is 17.8 Å². The average molecular weight is 610 g/mol. The van der Waals surface area contributed by atoms with Gasteiger partial charge in [-0.2, -0.15) is 0 Å². The van der Waals surface area contributed by atoms with Gasteiger partial charge in [-0.05, 0) is 53.9 Å². The van der Waals surface area contributed by atoms with Gasteiger partial charge < -0.3 is 24.9 Å². The van der Waals surface area contributed by atoms with Crippen molar-refractivity contribution in [1.82, 2.24) is 30.2 Å². The van der Waals surface area contributed by atoms with Crippen LogP contribution in [0.15, 0.2) is 60.9 Å². The van der Waals surface area contributed by atoms with Gasteiger partial charge in [0, 0.05) is 12.5 Å². The first-order valence-electron chi connectivity index (χ1n) is 15.6. The molecule has 0 spiro atoms. The van der Waals surface area contributed by atoms with Crippen molar-refractivity contribution in [2.75, 3.05) is 19.0 Å². The number of nitrogens with one attached hydrogen (secondary N) is 4. The molecule has 0 unspecified atom stereocenters. The Morgan fingerprint density at radius 3 is 2.02 bits per heavy atom. The first-order valence-corrected chi connectivity index (χ1v) is 15.6. The number of amides is 3. The Labute approximate surface area is 262 Å². The minimum atomic E-state index is -0.671. The van der Waals surface area contributed by atoms with Gasteiger partial charge in [-0.25, -0.2) is 14.8 Å². The van der Waals surface area contributed by atoms with Crippen molar-refractivity contribution in [2.24, 2.45) is 11.8 Å². The van der Waals surface area contributed by atoms with Crippen LogP contribution in [0.5, 0.6) is 0 Å². The summed E-state index contributed by atoms with van der Waals surface area (Å²) in [7, 11) is 1.29. The smallest absolute Gasteiger partial charge is 0.407 e. The Balaban J connectivity index is 1.11. The number of hydrogen-bond donors (Lipinski definition) is 4. The maximum absolute atomic E-state index is 13.4. The predicted octanol–water partition coefficient (Wildman–Crippen LogP) is 5.92. The van der Waals surface area contributed by atoms with Crippen molar-refractivity contribution < 1.29 is 19.1 Å². The van der Waals surface area contributed by atoms with E-state index in [0.717, 1.165) is 71.6 Å². The van der Waals surface area contributed by atoms with E-state index in [-0.39, 0.29) is 29.7 Å². The number of imidazole rings is 2. The Hall–Kier alpha value is -4.93. The number of nitrogens with zero attached hydrogens (tertiary/aromatic N) is 3. The molecule has 2 aromatic carbocycles. The maximum atomic E-state index is 13.4. The number of methoxy groups -OCH3 is 1. The molecule has 1 saturated carbocycles. The van der Waals surface area contributed by atoms with E-state index in [1.807, 2.05) is 30.9 Å². The number of hydrogen-bond acceptors (Lipinski definition) is 6. The molecule has 3 amide bonds. The highest BCUT2D eigenvalue weighted by Gasteiger charge is 2.37. The lowest BCUT2D eigenvalue weighted by Crippen LogP contribution is -2.51. The van der Waals surface area contributed by atoms with Crippen LogP contribution in [-0.2, 0) is 14.3 Å². The van der Waals surface area contributed by atoms with Crippen molar-refractivity contribution >= 4 is 23.9 Å². The molecule has 2 atom stereocenters. The molecule has 1 saturated heterocycles. The zero-order valence-corrected chi connectivity index (χ0v) is 25.8. The average Bonchev–Trinajstić information content (AvgIpc) is 3.80. The molecule has 234 valence electrons. The van der Waals surface area contributed by atoms with Crippen LogP contribution in [0.25, 0.3) is 33.6 Å². The van der Waals surface area contributed by atoms with Gasteiger partial charge in [0.15, 0.2) is 0 Å². The number of likely N-dealkylation sites (tertiary alicyclic amines) is 1. The highest BCUT2D eigenvalue weighted by atomic mass is 16.5. The lowest BCUT2D eigenvalue weighted by Gasteiger charge is -2.30. The fourth-order valence-electron chi connectivity index (χ4n) is 5.95. The van der Waals surface area contributed by atoms with Crippen molar-refractivity contribution in [1.29, 1.82) is 0 Å². The van der Waals surface area contributed by atoms with Crippen molar-refractivity contribution in [3.63, 3.8) is 0 Å². The van der Waals surface area contributed by atoms with Crippen LogP contribution < -0.4 is 10.6 Å². The molecule has 11 nitrogen and oxygen atoms in total. The topological polar surface area (TPSA) is 145 Å². The maximum Gasteiger partial charge on any atom is 0.407 e. The molecule has 6 rings (SSSR count). The van der Waals surface area contributed by atoms with Crippen LogP contribution in [-0.4, -0.2) is 62.4 Å². The fraction of sp³-hybridized carbons (Fsp3) is 0.382. The van der Waals surface area contributed by atoms with E-state index in [9.17, 15) is 14.4 Å². The van der Waals surface area contributed by atoms with Gasteiger partial charge in [0.1, 0.15) is 11.9 Å². The molecule has 11 heteroatoms. The lowest BCUT2D eigenvalue weighted by molar-refractivity contribution is -0.135. The van der Waals surface area contributed by atoms with Crippen LogP contribution in [0.3, 0.4) is 0 Å². The normalized spacial score (nSPS) is 17.2. The Kier molecular flexibility index (Phi) is 8.68. The molecule has 0 bridgehead atoms. The zero-order chi connectivity index (χ0) is 31.5. The number of H-pyrrole nitrogens is 2. The van der Waals surface area contributed by atoms with Crippen LogP contribution in [0, 0.1) is 11.8 Å². The van der Waals surface area contributed by atoms with E-state index in [1.54, 1.807) is 12.4 Å². The zero-order valence-electron chi connectivity index (χ0n) is 25.8. The third-order valence-corrected chi connectivity index (χ3v) is 8.86. The monoisotopic (exact) mass is 609 g/mol. The van der Waals surface area contributed by atoms with E-state index in [1.165, 1.54) is 7.11 Å². The van der Waals surface area contributed by atoms with E-state index < -0.39 is 12.1 Å². The van der Waals surface area contributed by atoms with Gasteiger partial charge in [-0.3, -0.25) is 14.9 Å². The highest BCUT2D eigenvalue weighted by Crippen LogP contribution is 2.33. The Bertz CT molecular complexity index is 1650. The number of benzene rings is 2. The van der Waals surface area contributed by atoms with E-state index in [0.29, 0.717) is 12.5 Å². The molecular weight excluding hydrogens is 570 g/mol. The number of rotatable bonds is 9. The quantitative estimate of drug-likeness (QED) is 0.185. The Morgan fingerprint density at radius 2 is 1.44 bits per heavy atom. The van der Waals surface area contributed by atoms with E-state index in [2.05, 4.69) is 67.0 Å². The SMILES string of the molecule is COC(=O)N[C@H](C(=O)N1CCC[C@H]1c1ncc(-c2ccc(-c3ccc(-c4cnc(NC(=O)C5CCC5)[nH]4)cc3)cc2)[nH]1)C(C)C. The largest absolute Gasteiger partial charge is 0.453 e. The van der Waals surface area contributed by atoms with Crippen molar-refractivity contribution in [3.05, 3.63) is 66.7 Å². The molecule has 3 heterocycles. The minimum Gasteiger partial charge on any atom is -0.453 e. The summed E-state index contributed by atoms with van der Waals surface area (Å²) < 4.78 is 4.73. The molecule has 4 aromatic rings. The number of alkyl carbamates (subject to hydrolysis) is 1. The second kappa shape index (κ2) is 13.0. The van der Waals surface area contributed by atoms with Crippen molar-refractivity contribution in [2.45, 2.75) is 58.0 Å². The summed E-state index contributed by atoms with van der Waals surface area (Å²) in [6, 6.07) is 15.6. The number of ether oxygens (including phenoxy) is 1. The standard InChI is InChI=1S/C34H39N7O4/c1-20(2)29(39-34(44)45-3)32(43)41-17-5-8-28(41)30-35-18-26(37-30)23-13-9-21(10-14-23)22-11-15-24(16-12-22)27-19-36-33(38-27)40-31(42)25-6-4-7-25/h9-16,18-20,25,28-29H,4-8,17H2,1-3H3,(H,35,37)(H,39,44)(H2,36,38,40,42)/t28-,29-/m0/s1. The van der Waals surface area contributed by atoms with Gasteiger partial charge in [0.25, 0.3) is 0 Å².